The summed E-state index contributed by atoms with van der Waals surface area (Å²) in [5.41, 5.74) is 0.912. The average Bonchev–Trinajstić information content (AvgIpc) is 3.32. The van der Waals surface area contributed by atoms with Gasteiger partial charge in [0.1, 0.15) is 11.5 Å². The normalized spacial score (nSPS) is 27.8. The molecule has 0 unspecified atom stereocenters. The zero-order valence-electron chi connectivity index (χ0n) is 15.4. The van der Waals surface area contributed by atoms with Crippen molar-refractivity contribution in [3.63, 3.8) is 0 Å². The summed E-state index contributed by atoms with van der Waals surface area (Å²) in [5.74, 6) is -0.828. The van der Waals surface area contributed by atoms with Gasteiger partial charge in [-0.1, -0.05) is 24.3 Å². The molecule has 7 nitrogen and oxygen atoms in total. The third-order valence-electron chi connectivity index (χ3n) is 6.08. The molecule has 2 bridgehead atoms. The Morgan fingerprint density at radius 3 is 2.17 bits per heavy atom. The Morgan fingerprint density at radius 2 is 1.62 bits per heavy atom. The van der Waals surface area contributed by atoms with Crippen molar-refractivity contribution in [3.05, 3.63) is 59.9 Å². The van der Waals surface area contributed by atoms with E-state index in [1.807, 2.05) is 0 Å². The molecule has 0 spiro atoms. The molecule has 3 aliphatic carbocycles. The van der Waals surface area contributed by atoms with Crippen LogP contribution in [0.4, 0.5) is 0 Å². The fourth-order valence-corrected chi connectivity index (χ4v) is 4.64. The highest BCUT2D eigenvalue weighted by Gasteiger charge is 2.56. The largest absolute Gasteiger partial charge is 0.478 e. The number of fused-ring (bicyclic) bond motifs is 1. The Bertz CT molecular complexity index is 1030. The second kappa shape index (κ2) is 6.55. The Balaban J connectivity index is 1.34. The van der Waals surface area contributed by atoms with Crippen molar-refractivity contribution in [1.29, 1.82) is 0 Å². The van der Waals surface area contributed by atoms with E-state index in [0.717, 1.165) is 23.4 Å². The van der Waals surface area contributed by atoms with E-state index in [1.165, 1.54) is 18.3 Å². The van der Waals surface area contributed by atoms with Crippen molar-refractivity contribution in [2.45, 2.75) is 12.8 Å². The number of hydrazone groups is 1. The first-order chi connectivity index (χ1) is 14.0. The van der Waals surface area contributed by atoms with E-state index in [4.69, 9.17) is 9.52 Å². The van der Waals surface area contributed by atoms with Crippen LogP contribution in [0.2, 0.25) is 0 Å². The number of carboxylic acids is 1. The van der Waals surface area contributed by atoms with Crippen LogP contribution >= 0.6 is 0 Å². The van der Waals surface area contributed by atoms with Gasteiger partial charge in [-0.15, -0.1) is 0 Å². The topological polar surface area (TPSA) is 100 Å². The lowest BCUT2D eigenvalue weighted by atomic mass is 9.63. The average molecular weight is 390 g/mol. The van der Waals surface area contributed by atoms with E-state index in [1.54, 1.807) is 24.3 Å². The van der Waals surface area contributed by atoms with Crippen LogP contribution in [0.5, 0.6) is 0 Å². The molecule has 1 saturated heterocycles. The van der Waals surface area contributed by atoms with Crippen LogP contribution in [0.25, 0.3) is 11.3 Å². The number of amides is 2. The van der Waals surface area contributed by atoms with Gasteiger partial charge in [-0.2, -0.15) is 10.1 Å². The number of rotatable bonds is 4. The number of carbonyl (C=O) groups is 3. The highest BCUT2D eigenvalue weighted by Crippen LogP contribution is 2.49. The first-order valence-electron chi connectivity index (χ1n) is 9.56. The van der Waals surface area contributed by atoms with E-state index in [0.29, 0.717) is 11.5 Å². The minimum Gasteiger partial charge on any atom is -0.478 e. The molecular weight excluding hydrogens is 372 g/mol. The van der Waals surface area contributed by atoms with Gasteiger partial charge in [0.15, 0.2) is 0 Å². The van der Waals surface area contributed by atoms with Gasteiger partial charge in [0.05, 0.1) is 23.6 Å². The Kier molecular flexibility index (Phi) is 3.97. The third kappa shape index (κ3) is 2.81. The number of nitrogens with zero attached hydrogens (tertiary/aromatic N) is 2. The molecule has 4 aliphatic rings. The van der Waals surface area contributed by atoms with Crippen LogP contribution in [-0.2, 0) is 9.59 Å². The third-order valence-corrected chi connectivity index (χ3v) is 6.08. The standard InChI is InChI=1S/C22H18N2O5/c25-20-18-13-3-4-14(6-5-13)19(18)21(26)24(20)23-11-16-9-10-17(29-16)12-1-7-15(8-2-12)22(27)28/h1-4,7-11,13-14,18-19H,5-6H2,(H,27,28)/b23-11-/t13-,14-,18-,19-/m0/s1. The summed E-state index contributed by atoms with van der Waals surface area (Å²) in [4.78, 5) is 36.5. The van der Waals surface area contributed by atoms with Crippen molar-refractivity contribution >= 4 is 24.0 Å². The maximum atomic E-state index is 12.8. The fourth-order valence-electron chi connectivity index (χ4n) is 4.64. The molecule has 29 heavy (non-hydrogen) atoms. The lowest BCUT2D eigenvalue weighted by molar-refractivity contribution is -0.140. The predicted molar refractivity (Wildman–Crippen MR) is 103 cm³/mol. The number of allylic oxidation sites excluding steroid dienone is 2. The second-order valence-corrected chi connectivity index (χ2v) is 7.66. The minimum atomic E-state index is -0.993. The van der Waals surface area contributed by atoms with Gasteiger partial charge in [-0.25, -0.2) is 4.79 Å². The number of furan rings is 1. The molecule has 146 valence electrons. The van der Waals surface area contributed by atoms with Crippen molar-refractivity contribution in [2.75, 3.05) is 0 Å². The van der Waals surface area contributed by atoms with E-state index < -0.39 is 5.97 Å². The molecule has 1 aliphatic heterocycles. The summed E-state index contributed by atoms with van der Waals surface area (Å²) < 4.78 is 5.72. The molecule has 6 rings (SSSR count). The number of aromatic carboxylic acids is 1. The van der Waals surface area contributed by atoms with Gasteiger partial charge in [0, 0.05) is 5.56 Å². The number of imide groups is 1. The van der Waals surface area contributed by atoms with Gasteiger partial charge in [0.25, 0.3) is 11.8 Å². The summed E-state index contributed by atoms with van der Waals surface area (Å²) in [6.07, 6.45) is 7.41. The van der Waals surface area contributed by atoms with E-state index in [2.05, 4.69) is 17.3 Å². The van der Waals surface area contributed by atoms with E-state index in [9.17, 15) is 14.4 Å². The molecule has 2 aromatic rings. The van der Waals surface area contributed by atoms with Gasteiger partial charge in [-0.05, 0) is 48.9 Å². The molecule has 7 heteroatoms. The summed E-state index contributed by atoms with van der Waals surface area (Å²) in [5, 5.41) is 14.1. The van der Waals surface area contributed by atoms with Gasteiger partial charge >= 0.3 is 5.97 Å². The van der Waals surface area contributed by atoms with E-state index >= 15 is 0 Å². The lowest BCUT2D eigenvalue weighted by Crippen LogP contribution is -2.38. The number of hydrogen-bond donors (Lipinski definition) is 1. The highest BCUT2D eigenvalue weighted by molar-refractivity contribution is 6.06. The van der Waals surface area contributed by atoms with Crippen LogP contribution in [0.3, 0.4) is 0 Å². The van der Waals surface area contributed by atoms with Crippen molar-refractivity contribution in [2.24, 2.45) is 28.8 Å². The molecule has 0 radical (unpaired) electrons. The number of benzene rings is 1. The summed E-state index contributed by atoms with van der Waals surface area (Å²) >= 11 is 0. The van der Waals surface area contributed by atoms with Crippen LogP contribution in [0.1, 0.15) is 29.0 Å². The Labute approximate surface area is 166 Å². The van der Waals surface area contributed by atoms with Crippen LogP contribution in [0.15, 0.2) is 58.1 Å². The van der Waals surface area contributed by atoms with Crippen LogP contribution in [0, 0.1) is 23.7 Å². The fraction of sp³-hybridized carbons (Fsp3) is 0.273. The molecule has 1 aromatic carbocycles. The minimum absolute atomic E-state index is 0.130. The van der Waals surface area contributed by atoms with Crippen molar-refractivity contribution < 1.29 is 23.9 Å². The highest BCUT2D eigenvalue weighted by atomic mass is 16.4. The van der Waals surface area contributed by atoms with Crippen molar-refractivity contribution in [1.82, 2.24) is 5.01 Å². The molecule has 1 N–H and O–H groups in total. The van der Waals surface area contributed by atoms with Crippen molar-refractivity contribution in [3.8, 4) is 11.3 Å². The zero-order chi connectivity index (χ0) is 20.1. The quantitative estimate of drug-likeness (QED) is 0.491. The first kappa shape index (κ1) is 17.6. The maximum Gasteiger partial charge on any atom is 0.335 e. The van der Waals surface area contributed by atoms with E-state index in [-0.39, 0.29) is 41.0 Å². The number of hydrogen-bond acceptors (Lipinski definition) is 5. The summed E-state index contributed by atoms with van der Waals surface area (Å²) in [6.45, 7) is 0. The lowest BCUT2D eigenvalue weighted by Gasteiger charge is -2.37. The Morgan fingerprint density at radius 1 is 1.00 bits per heavy atom. The van der Waals surface area contributed by atoms with Gasteiger partial charge in [0.2, 0.25) is 0 Å². The molecular formula is C22H18N2O5. The summed E-state index contributed by atoms with van der Waals surface area (Å²) in [6, 6.07) is 9.73. The van der Waals surface area contributed by atoms with Gasteiger partial charge < -0.3 is 9.52 Å². The zero-order valence-corrected chi connectivity index (χ0v) is 15.4. The van der Waals surface area contributed by atoms with Gasteiger partial charge in [-0.3, -0.25) is 9.59 Å². The van der Waals surface area contributed by atoms with Crippen LogP contribution in [-0.4, -0.2) is 34.1 Å². The number of carboxylic acid groups (broad SMARTS) is 1. The summed E-state index contributed by atoms with van der Waals surface area (Å²) in [7, 11) is 0. The second-order valence-electron chi connectivity index (χ2n) is 7.66. The maximum absolute atomic E-state index is 12.8. The predicted octanol–water partition coefficient (Wildman–Crippen LogP) is 3.18. The van der Waals surface area contributed by atoms with Crippen LogP contribution < -0.4 is 0 Å². The molecule has 2 fully saturated rings. The molecule has 2 amide bonds. The molecule has 4 atom stereocenters. The molecule has 1 saturated carbocycles. The number of carbonyl (C=O) groups excluding carboxylic acids is 2. The monoisotopic (exact) mass is 390 g/mol. The molecule has 2 heterocycles. The Hall–Kier alpha value is -3.48. The smallest absolute Gasteiger partial charge is 0.335 e. The first-order valence-corrected chi connectivity index (χ1v) is 9.56. The SMILES string of the molecule is O=C(O)c1ccc(-c2ccc(/C=N\N3C(=O)[C@@H]4[C@@H](C3=O)[C@H]3C=C[C@H]4CC3)o2)cc1. The molecule has 1 aromatic heterocycles.